The second-order valence-corrected chi connectivity index (χ2v) is 2.31. The highest BCUT2D eigenvalue weighted by Crippen LogP contribution is 1.96. The average molecular weight is 137 g/mol. The Bertz CT molecular complexity index is 119. The molecule has 10 heavy (non-hydrogen) atoms. The predicted molar refractivity (Wildman–Crippen MR) is 43.5 cm³/mol. The van der Waals surface area contributed by atoms with Gasteiger partial charge in [0.05, 0.1) is 6.07 Å². The molecule has 0 amide bonds. The van der Waals surface area contributed by atoms with Gasteiger partial charge >= 0.3 is 0 Å². The molecule has 0 aromatic heterocycles. The van der Waals surface area contributed by atoms with Crippen molar-refractivity contribution in [3.05, 3.63) is 12.2 Å². The Morgan fingerprint density at radius 3 is 2.60 bits per heavy atom. The van der Waals surface area contributed by atoms with E-state index < -0.39 is 0 Å². The molecule has 0 bridgehead atoms. The summed E-state index contributed by atoms with van der Waals surface area (Å²) in [4.78, 5) is 0. The summed E-state index contributed by atoms with van der Waals surface area (Å²) in [6.07, 6.45) is 9.52. The van der Waals surface area contributed by atoms with Crippen molar-refractivity contribution in [2.45, 2.75) is 39.0 Å². The van der Waals surface area contributed by atoms with Crippen LogP contribution in [-0.2, 0) is 0 Å². The fourth-order valence-electron chi connectivity index (χ4n) is 0.706. The fourth-order valence-corrected chi connectivity index (χ4v) is 0.706. The van der Waals surface area contributed by atoms with E-state index in [2.05, 4.69) is 25.1 Å². The van der Waals surface area contributed by atoms with Crippen LogP contribution >= 0.6 is 0 Å². The lowest BCUT2D eigenvalue weighted by Crippen LogP contribution is -1.67. The van der Waals surface area contributed by atoms with Gasteiger partial charge in [-0.2, -0.15) is 5.26 Å². The quantitative estimate of drug-likeness (QED) is 0.422. The largest absolute Gasteiger partial charge is 0.198 e. The maximum atomic E-state index is 8.19. The SMILES string of the molecule is CCCC/C=C/CCC#N. The van der Waals surface area contributed by atoms with Gasteiger partial charge in [0, 0.05) is 6.42 Å². The Morgan fingerprint density at radius 2 is 2.00 bits per heavy atom. The number of nitrogens with zero attached hydrogens (tertiary/aromatic N) is 1. The van der Waals surface area contributed by atoms with Gasteiger partial charge in [-0.05, 0) is 12.8 Å². The standard InChI is InChI=1S/C9H15N/c1-2-3-4-5-6-7-8-9-10/h5-6H,2-4,7-8H2,1H3/b6-5+. The molecule has 0 atom stereocenters. The summed E-state index contributed by atoms with van der Waals surface area (Å²) in [5.41, 5.74) is 0. The average Bonchev–Trinajstić information content (AvgIpc) is 1.97. The van der Waals surface area contributed by atoms with Crippen LogP contribution in [0.3, 0.4) is 0 Å². The summed E-state index contributed by atoms with van der Waals surface area (Å²) in [5, 5.41) is 8.19. The number of rotatable bonds is 5. The minimum atomic E-state index is 0.655. The Hall–Kier alpha value is -0.770. The number of nitriles is 1. The maximum Gasteiger partial charge on any atom is 0.0624 e. The molecular weight excluding hydrogens is 122 g/mol. The Balaban J connectivity index is 2.98. The summed E-state index contributed by atoms with van der Waals surface area (Å²) < 4.78 is 0. The van der Waals surface area contributed by atoms with Gasteiger partial charge in [-0.15, -0.1) is 0 Å². The molecule has 0 fully saturated rings. The molecule has 0 saturated carbocycles. The van der Waals surface area contributed by atoms with Crippen molar-refractivity contribution in [2.75, 3.05) is 0 Å². The van der Waals surface area contributed by atoms with Gasteiger partial charge in [-0.3, -0.25) is 0 Å². The third kappa shape index (κ3) is 7.23. The van der Waals surface area contributed by atoms with E-state index in [9.17, 15) is 0 Å². The highest BCUT2D eigenvalue weighted by molar-refractivity contribution is 4.85. The van der Waals surface area contributed by atoms with Crippen LogP contribution in [0.2, 0.25) is 0 Å². The van der Waals surface area contributed by atoms with Crippen LogP contribution < -0.4 is 0 Å². The van der Waals surface area contributed by atoms with Crippen molar-refractivity contribution in [1.29, 1.82) is 5.26 Å². The van der Waals surface area contributed by atoms with Crippen molar-refractivity contribution in [3.8, 4) is 6.07 Å². The van der Waals surface area contributed by atoms with Gasteiger partial charge < -0.3 is 0 Å². The maximum absolute atomic E-state index is 8.19. The van der Waals surface area contributed by atoms with Crippen molar-refractivity contribution in [2.24, 2.45) is 0 Å². The van der Waals surface area contributed by atoms with E-state index in [0.717, 1.165) is 6.42 Å². The summed E-state index contributed by atoms with van der Waals surface area (Å²) in [5.74, 6) is 0. The molecule has 0 aliphatic rings. The van der Waals surface area contributed by atoms with E-state index in [0.29, 0.717) is 6.42 Å². The van der Waals surface area contributed by atoms with Crippen molar-refractivity contribution in [1.82, 2.24) is 0 Å². The summed E-state index contributed by atoms with van der Waals surface area (Å²) >= 11 is 0. The Labute approximate surface area is 63.4 Å². The summed E-state index contributed by atoms with van der Waals surface area (Å²) in [6.45, 7) is 2.18. The third-order valence-electron chi connectivity index (χ3n) is 1.31. The molecule has 0 aromatic rings. The van der Waals surface area contributed by atoms with Crippen LogP contribution in [0.15, 0.2) is 12.2 Å². The molecule has 0 rings (SSSR count). The highest BCUT2D eigenvalue weighted by atomic mass is 14.2. The molecule has 1 heteroatoms. The molecule has 0 spiro atoms. The van der Waals surface area contributed by atoms with Gasteiger partial charge in [0.2, 0.25) is 0 Å². The molecule has 0 unspecified atom stereocenters. The van der Waals surface area contributed by atoms with Crippen LogP contribution in [0.5, 0.6) is 0 Å². The molecular formula is C9H15N. The first-order chi connectivity index (χ1) is 4.91. The van der Waals surface area contributed by atoms with Crippen molar-refractivity contribution in [3.63, 3.8) is 0 Å². The van der Waals surface area contributed by atoms with E-state index in [4.69, 9.17) is 5.26 Å². The highest BCUT2D eigenvalue weighted by Gasteiger charge is 1.78. The van der Waals surface area contributed by atoms with E-state index in [1.54, 1.807) is 0 Å². The Kier molecular flexibility index (Phi) is 7.60. The Morgan fingerprint density at radius 1 is 1.30 bits per heavy atom. The number of unbranched alkanes of at least 4 members (excludes halogenated alkanes) is 3. The second kappa shape index (κ2) is 8.23. The van der Waals surface area contributed by atoms with Gasteiger partial charge in [0.1, 0.15) is 0 Å². The zero-order valence-electron chi connectivity index (χ0n) is 6.64. The number of hydrogen-bond donors (Lipinski definition) is 0. The molecule has 56 valence electrons. The first kappa shape index (κ1) is 9.23. The van der Waals surface area contributed by atoms with Gasteiger partial charge in [0.15, 0.2) is 0 Å². The molecule has 0 aliphatic heterocycles. The molecule has 1 nitrogen and oxygen atoms in total. The van der Waals surface area contributed by atoms with Crippen molar-refractivity contribution < 1.29 is 0 Å². The van der Waals surface area contributed by atoms with Crippen LogP contribution in [0.1, 0.15) is 39.0 Å². The fraction of sp³-hybridized carbons (Fsp3) is 0.667. The van der Waals surface area contributed by atoms with E-state index in [-0.39, 0.29) is 0 Å². The summed E-state index contributed by atoms with van der Waals surface area (Å²) in [6, 6.07) is 2.11. The van der Waals surface area contributed by atoms with E-state index >= 15 is 0 Å². The zero-order valence-corrected chi connectivity index (χ0v) is 6.64. The monoisotopic (exact) mass is 137 g/mol. The lowest BCUT2D eigenvalue weighted by molar-refractivity contribution is 0.811. The van der Waals surface area contributed by atoms with Crippen LogP contribution in [0.25, 0.3) is 0 Å². The summed E-state index contributed by atoms with van der Waals surface area (Å²) in [7, 11) is 0. The van der Waals surface area contributed by atoms with Crippen LogP contribution in [-0.4, -0.2) is 0 Å². The predicted octanol–water partition coefficient (Wildman–Crippen LogP) is 3.04. The zero-order chi connectivity index (χ0) is 7.66. The van der Waals surface area contributed by atoms with Crippen LogP contribution in [0.4, 0.5) is 0 Å². The lowest BCUT2D eigenvalue weighted by Gasteiger charge is -1.86. The van der Waals surface area contributed by atoms with Crippen molar-refractivity contribution >= 4 is 0 Å². The molecule has 0 aliphatic carbocycles. The lowest BCUT2D eigenvalue weighted by atomic mass is 10.2. The first-order valence-electron chi connectivity index (χ1n) is 3.93. The van der Waals surface area contributed by atoms with Crippen LogP contribution in [0, 0.1) is 11.3 Å². The van der Waals surface area contributed by atoms with Gasteiger partial charge in [-0.1, -0.05) is 31.9 Å². The number of hydrogen-bond acceptors (Lipinski definition) is 1. The molecule has 0 heterocycles. The smallest absolute Gasteiger partial charge is 0.0624 e. The molecule has 0 N–H and O–H groups in total. The van der Waals surface area contributed by atoms with E-state index in [1.165, 1.54) is 19.3 Å². The third-order valence-corrected chi connectivity index (χ3v) is 1.31. The first-order valence-corrected chi connectivity index (χ1v) is 3.93. The minimum absolute atomic E-state index is 0.655. The van der Waals surface area contributed by atoms with E-state index in [1.807, 2.05) is 0 Å². The van der Waals surface area contributed by atoms with Gasteiger partial charge in [0.25, 0.3) is 0 Å². The molecule has 0 radical (unpaired) electrons. The number of allylic oxidation sites excluding steroid dienone is 2. The molecule has 0 saturated heterocycles. The molecule has 0 aromatic carbocycles. The van der Waals surface area contributed by atoms with Gasteiger partial charge in [-0.25, -0.2) is 0 Å². The second-order valence-electron chi connectivity index (χ2n) is 2.31. The topological polar surface area (TPSA) is 23.8 Å². The normalized spacial score (nSPS) is 10.0. The minimum Gasteiger partial charge on any atom is -0.198 e.